The van der Waals surface area contributed by atoms with Crippen molar-refractivity contribution < 1.29 is 17.9 Å². The van der Waals surface area contributed by atoms with Gasteiger partial charge in [-0.2, -0.15) is 0 Å². The number of hydrogen-bond acceptors (Lipinski definition) is 5. The largest absolute Gasteiger partial charge is 0.497 e. The van der Waals surface area contributed by atoms with Crippen molar-refractivity contribution in [2.45, 2.75) is 69.2 Å². The van der Waals surface area contributed by atoms with Crippen molar-refractivity contribution in [3.8, 4) is 5.75 Å². The van der Waals surface area contributed by atoms with Crippen LogP contribution in [0.25, 0.3) is 11.0 Å². The summed E-state index contributed by atoms with van der Waals surface area (Å²) in [5, 5.41) is 2.32. The topological polar surface area (TPSA) is 99.4 Å². The van der Waals surface area contributed by atoms with E-state index in [1.165, 1.54) is 7.11 Å². The molecule has 9 heteroatoms. The second-order valence-electron chi connectivity index (χ2n) is 8.60. The van der Waals surface area contributed by atoms with Gasteiger partial charge >= 0.3 is 5.69 Å². The molecule has 1 heterocycles. The van der Waals surface area contributed by atoms with Crippen LogP contribution in [0.3, 0.4) is 0 Å². The van der Waals surface area contributed by atoms with Gasteiger partial charge in [0.2, 0.25) is 0 Å². The normalized spacial score (nSPS) is 14.9. The second kappa shape index (κ2) is 9.66. The standard InChI is InChI=1S/C25H31N3O5S/c1-4-27-21-15-20(26-24(29)17-10-9-11-18(14-17)33-3)23(16-22(21)28(5-2)25(27)30)34(31,32)19-12-7-6-8-13-19/h9-11,14-16,19H,4-8,12-13H2,1-3H3,(H,26,29). The third kappa shape index (κ3) is 4.24. The maximum absolute atomic E-state index is 13.8. The van der Waals surface area contributed by atoms with Gasteiger partial charge in [0.15, 0.2) is 9.84 Å². The van der Waals surface area contributed by atoms with Gasteiger partial charge in [0.05, 0.1) is 34.0 Å². The highest BCUT2D eigenvalue weighted by Crippen LogP contribution is 2.35. The van der Waals surface area contributed by atoms with Gasteiger partial charge in [-0.1, -0.05) is 25.3 Å². The number of benzene rings is 2. The van der Waals surface area contributed by atoms with E-state index in [-0.39, 0.29) is 16.3 Å². The summed E-state index contributed by atoms with van der Waals surface area (Å²) in [5.41, 5.74) is 1.50. The van der Waals surface area contributed by atoms with E-state index >= 15 is 0 Å². The SMILES string of the molecule is CCn1c(=O)n(CC)c2cc(S(=O)(=O)C3CCCCC3)c(NC(=O)c3cccc(OC)c3)cc21. The highest BCUT2D eigenvalue weighted by molar-refractivity contribution is 7.92. The number of nitrogens with zero attached hydrogens (tertiary/aromatic N) is 2. The number of aryl methyl sites for hydroxylation is 2. The summed E-state index contributed by atoms with van der Waals surface area (Å²) < 4.78 is 35.9. The summed E-state index contributed by atoms with van der Waals surface area (Å²) in [5.74, 6) is 0.0802. The molecule has 1 amide bonds. The Labute approximate surface area is 199 Å². The highest BCUT2D eigenvalue weighted by Gasteiger charge is 2.32. The molecule has 0 atom stereocenters. The van der Waals surface area contributed by atoms with E-state index in [1.54, 1.807) is 45.5 Å². The molecule has 1 N–H and O–H groups in total. The molecule has 1 aliphatic carbocycles. The second-order valence-corrected chi connectivity index (χ2v) is 10.8. The maximum Gasteiger partial charge on any atom is 0.329 e. The zero-order chi connectivity index (χ0) is 24.5. The van der Waals surface area contributed by atoms with Crippen molar-refractivity contribution in [3.05, 3.63) is 52.4 Å². The average molecular weight is 486 g/mol. The van der Waals surface area contributed by atoms with Crippen LogP contribution >= 0.6 is 0 Å². The number of amides is 1. The van der Waals surface area contributed by atoms with E-state index in [0.29, 0.717) is 48.3 Å². The summed E-state index contributed by atoms with van der Waals surface area (Å²) in [4.78, 5) is 26.1. The third-order valence-electron chi connectivity index (χ3n) is 6.63. The van der Waals surface area contributed by atoms with Crippen LogP contribution in [0.1, 0.15) is 56.3 Å². The number of rotatable bonds is 7. The average Bonchev–Trinajstić information content (AvgIpc) is 3.13. The Morgan fingerprint density at radius 1 is 1.03 bits per heavy atom. The minimum atomic E-state index is -3.72. The van der Waals surface area contributed by atoms with Gasteiger partial charge in [0.25, 0.3) is 5.91 Å². The molecule has 8 nitrogen and oxygen atoms in total. The van der Waals surface area contributed by atoms with Crippen molar-refractivity contribution in [2.24, 2.45) is 0 Å². The van der Waals surface area contributed by atoms with Crippen molar-refractivity contribution in [3.63, 3.8) is 0 Å². The molecule has 1 saturated carbocycles. The number of methoxy groups -OCH3 is 1. The Hall–Kier alpha value is -3.07. The number of anilines is 1. The van der Waals surface area contributed by atoms with E-state index in [2.05, 4.69) is 5.32 Å². The third-order valence-corrected chi connectivity index (χ3v) is 8.93. The van der Waals surface area contributed by atoms with Gasteiger partial charge in [0, 0.05) is 18.7 Å². The summed E-state index contributed by atoms with van der Waals surface area (Å²) in [6.45, 7) is 4.57. The number of fused-ring (bicyclic) bond motifs is 1. The van der Waals surface area contributed by atoms with Crippen LogP contribution in [0.15, 0.2) is 46.1 Å². The highest BCUT2D eigenvalue weighted by atomic mass is 32.2. The van der Waals surface area contributed by atoms with E-state index in [9.17, 15) is 18.0 Å². The van der Waals surface area contributed by atoms with Gasteiger partial charge < -0.3 is 10.1 Å². The monoisotopic (exact) mass is 485 g/mol. The van der Waals surface area contributed by atoms with Crippen LogP contribution < -0.4 is 15.7 Å². The minimum absolute atomic E-state index is 0.0681. The van der Waals surface area contributed by atoms with Crippen molar-refractivity contribution in [2.75, 3.05) is 12.4 Å². The number of carbonyl (C=O) groups excluding carboxylic acids is 1. The Kier molecular flexibility index (Phi) is 6.84. The fraction of sp³-hybridized carbons (Fsp3) is 0.440. The molecule has 0 radical (unpaired) electrons. The zero-order valence-corrected chi connectivity index (χ0v) is 20.7. The molecule has 1 aliphatic rings. The van der Waals surface area contributed by atoms with Crippen LogP contribution in [0.4, 0.5) is 5.69 Å². The molecular weight excluding hydrogens is 454 g/mol. The maximum atomic E-state index is 13.8. The molecule has 3 aromatic rings. The number of hydrogen-bond donors (Lipinski definition) is 1. The molecule has 0 saturated heterocycles. The molecule has 4 rings (SSSR count). The first-order valence-electron chi connectivity index (χ1n) is 11.8. The number of sulfone groups is 1. The smallest absolute Gasteiger partial charge is 0.329 e. The molecule has 1 aromatic heterocycles. The quantitative estimate of drug-likeness (QED) is 0.540. The Morgan fingerprint density at radius 2 is 1.68 bits per heavy atom. The number of imidazole rings is 1. The van der Waals surface area contributed by atoms with Crippen LogP contribution in [0, 0.1) is 0 Å². The predicted octanol–water partition coefficient (Wildman–Crippen LogP) is 4.21. The van der Waals surface area contributed by atoms with Crippen molar-refractivity contribution in [1.29, 1.82) is 0 Å². The first-order valence-corrected chi connectivity index (χ1v) is 13.3. The van der Waals surface area contributed by atoms with Crippen LogP contribution in [-0.4, -0.2) is 35.8 Å². The van der Waals surface area contributed by atoms with E-state index in [4.69, 9.17) is 4.74 Å². The summed E-state index contributed by atoms with van der Waals surface area (Å²) in [7, 11) is -2.21. The number of ether oxygens (including phenoxy) is 1. The lowest BCUT2D eigenvalue weighted by Crippen LogP contribution is -2.25. The molecule has 182 valence electrons. The Balaban J connectivity index is 1.89. The van der Waals surface area contributed by atoms with Crippen LogP contribution in [-0.2, 0) is 22.9 Å². The summed E-state index contributed by atoms with van der Waals surface area (Å²) in [6.07, 6.45) is 3.95. The van der Waals surface area contributed by atoms with Crippen molar-refractivity contribution >= 4 is 32.5 Å². The Bertz CT molecular complexity index is 1380. The number of nitrogens with one attached hydrogen (secondary N) is 1. The minimum Gasteiger partial charge on any atom is -0.497 e. The lowest BCUT2D eigenvalue weighted by atomic mass is 10.0. The van der Waals surface area contributed by atoms with Gasteiger partial charge in [0.1, 0.15) is 5.75 Å². The van der Waals surface area contributed by atoms with Crippen molar-refractivity contribution in [1.82, 2.24) is 9.13 Å². The van der Waals surface area contributed by atoms with E-state index in [1.807, 2.05) is 13.8 Å². The van der Waals surface area contributed by atoms with Gasteiger partial charge in [-0.15, -0.1) is 0 Å². The molecule has 0 unspecified atom stereocenters. The lowest BCUT2D eigenvalue weighted by Gasteiger charge is -2.23. The molecule has 2 aromatic carbocycles. The molecule has 0 spiro atoms. The zero-order valence-electron chi connectivity index (χ0n) is 19.8. The van der Waals surface area contributed by atoms with E-state index < -0.39 is 21.0 Å². The fourth-order valence-corrected chi connectivity index (χ4v) is 6.81. The van der Waals surface area contributed by atoms with Gasteiger partial charge in [-0.05, 0) is 57.0 Å². The lowest BCUT2D eigenvalue weighted by molar-refractivity contribution is 0.102. The fourth-order valence-electron chi connectivity index (χ4n) is 4.80. The van der Waals surface area contributed by atoms with E-state index in [0.717, 1.165) is 19.3 Å². The van der Waals surface area contributed by atoms with Gasteiger partial charge in [-0.3, -0.25) is 13.9 Å². The first kappa shape index (κ1) is 24.1. The molecular formula is C25H31N3O5S. The summed E-state index contributed by atoms with van der Waals surface area (Å²) >= 11 is 0. The molecule has 0 aliphatic heterocycles. The summed E-state index contributed by atoms with van der Waals surface area (Å²) in [6, 6.07) is 9.86. The van der Waals surface area contributed by atoms with Crippen LogP contribution in [0.2, 0.25) is 0 Å². The number of aromatic nitrogens is 2. The first-order chi connectivity index (χ1) is 16.3. The molecule has 0 bridgehead atoms. The van der Waals surface area contributed by atoms with Gasteiger partial charge in [-0.25, -0.2) is 13.2 Å². The molecule has 34 heavy (non-hydrogen) atoms. The Morgan fingerprint density at radius 3 is 2.29 bits per heavy atom. The predicted molar refractivity (Wildman–Crippen MR) is 133 cm³/mol. The molecule has 1 fully saturated rings. The van der Waals surface area contributed by atoms with Crippen LogP contribution in [0.5, 0.6) is 5.75 Å². The number of carbonyl (C=O) groups is 1.